The molecule has 0 bridgehead atoms. The molecule has 0 spiro atoms. The average Bonchev–Trinajstić information content (AvgIpc) is 2.80. The Hall–Kier alpha value is -4.16. The molecule has 0 radical (unpaired) electrons. The fraction of sp³-hybridized carbons (Fsp3) is 0.136. The second-order valence-corrected chi connectivity index (χ2v) is 7.18. The molecule has 0 atom stereocenters. The number of halogens is 1. The molecule has 1 aliphatic heterocycles. The minimum absolute atomic E-state index is 0.0562. The summed E-state index contributed by atoms with van der Waals surface area (Å²) >= 11 is 6.09. The summed E-state index contributed by atoms with van der Waals surface area (Å²) in [7, 11) is 0. The molecule has 0 saturated carbocycles. The molecular weight excluding hydrogens is 434 g/mol. The first-order chi connectivity index (χ1) is 15.4. The van der Waals surface area contributed by atoms with Crippen molar-refractivity contribution >= 4 is 29.8 Å². The van der Waals surface area contributed by atoms with E-state index in [0.717, 1.165) is 11.3 Å². The Labute approximate surface area is 188 Å². The van der Waals surface area contributed by atoms with E-state index in [1.54, 1.807) is 41.6 Å². The second-order valence-electron chi connectivity index (χ2n) is 6.77. The summed E-state index contributed by atoms with van der Waals surface area (Å²) in [5.74, 6) is -0.0401. The lowest BCUT2D eigenvalue weighted by Gasteiger charge is -2.30. The summed E-state index contributed by atoms with van der Waals surface area (Å²) in [5, 5.41) is 26.5. The molecule has 0 unspecified atom stereocenters. The van der Waals surface area contributed by atoms with Gasteiger partial charge in [0.15, 0.2) is 0 Å². The zero-order chi connectivity index (χ0) is 23.3. The zero-order valence-corrected chi connectivity index (χ0v) is 17.5. The number of phenols is 1. The fourth-order valence-electron chi connectivity index (χ4n) is 3.52. The van der Waals surface area contributed by atoms with Crippen LogP contribution in [0.1, 0.15) is 27.2 Å². The Morgan fingerprint density at radius 1 is 1.28 bits per heavy atom. The maximum atomic E-state index is 12.9. The van der Waals surface area contributed by atoms with E-state index in [1.165, 1.54) is 6.07 Å². The second kappa shape index (κ2) is 9.76. The third kappa shape index (κ3) is 4.45. The quantitative estimate of drug-likeness (QED) is 0.502. The summed E-state index contributed by atoms with van der Waals surface area (Å²) in [4.78, 5) is 31.3. The van der Waals surface area contributed by atoms with Crippen molar-refractivity contribution in [1.82, 2.24) is 14.9 Å². The average molecular weight is 452 g/mol. The number of pyridine rings is 2. The van der Waals surface area contributed by atoms with Crippen molar-refractivity contribution in [2.75, 3.05) is 12.3 Å². The van der Waals surface area contributed by atoms with Crippen molar-refractivity contribution in [3.63, 3.8) is 0 Å². The van der Waals surface area contributed by atoms with Crippen LogP contribution in [0.25, 0.3) is 11.1 Å². The van der Waals surface area contributed by atoms with E-state index in [0.29, 0.717) is 29.7 Å². The van der Waals surface area contributed by atoms with Crippen molar-refractivity contribution in [2.24, 2.45) is 0 Å². The van der Waals surface area contributed by atoms with Gasteiger partial charge in [0, 0.05) is 48.6 Å². The Morgan fingerprint density at radius 2 is 1.97 bits per heavy atom. The number of nitrogen functional groups attached to an aromatic ring is 1. The first-order valence-electron chi connectivity index (χ1n) is 9.38. The molecule has 4 N–H and O–H groups in total. The van der Waals surface area contributed by atoms with Gasteiger partial charge in [-0.1, -0.05) is 17.7 Å². The van der Waals surface area contributed by atoms with E-state index in [9.17, 15) is 15.2 Å². The lowest BCUT2D eigenvalue weighted by atomic mass is 9.91. The highest BCUT2D eigenvalue weighted by Crippen LogP contribution is 2.38. The molecule has 3 heterocycles. The van der Waals surface area contributed by atoms with Gasteiger partial charge in [0.25, 0.3) is 12.4 Å². The minimum Gasteiger partial charge on any atom is -0.506 e. The largest absolute Gasteiger partial charge is 0.506 e. The van der Waals surface area contributed by atoms with Crippen LogP contribution < -0.4 is 5.73 Å². The summed E-state index contributed by atoms with van der Waals surface area (Å²) in [6.45, 7) is 0.522. The molecule has 32 heavy (non-hydrogen) atoms. The third-order valence-corrected chi connectivity index (χ3v) is 5.24. The summed E-state index contributed by atoms with van der Waals surface area (Å²) in [6, 6.07) is 10.2. The molecule has 162 valence electrons. The summed E-state index contributed by atoms with van der Waals surface area (Å²) < 4.78 is 0. The number of nitrogens with two attached hydrogens (primary N) is 1. The lowest BCUT2D eigenvalue weighted by molar-refractivity contribution is -0.122. The highest BCUT2D eigenvalue weighted by atomic mass is 35.5. The number of aromatic hydroxyl groups is 1. The Kier molecular flexibility index (Phi) is 6.87. The number of phenolic OH excluding ortho intramolecular Hbond substituents is 1. The SMILES string of the molecule is N#Cc1c(N)nc2c(c1-c1ccc(O)c(Cl)c1)CN(C(=O)c1ccncc1)CC2.O=CO. The number of amides is 1. The molecule has 0 fully saturated rings. The molecule has 3 aromatic rings. The molecule has 9 nitrogen and oxygen atoms in total. The van der Waals surface area contributed by atoms with E-state index < -0.39 is 0 Å². The molecule has 0 aliphatic carbocycles. The smallest absolute Gasteiger partial charge is 0.290 e. The number of anilines is 1. The minimum atomic E-state index is -0.250. The first-order valence-corrected chi connectivity index (χ1v) is 9.76. The number of benzene rings is 1. The van der Waals surface area contributed by atoms with Crippen LogP contribution in [0.15, 0.2) is 42.7 Å². The van der Waals surface area contributed by atoms with E-state index >= 15 is 0 Å². The normalized spacial score (nSPS) is 12.1. The van der Waals surface area contributed by atoms with Crippen LogP contribution in [0, 0.1) is 11.3 Å². The first kappa shape index (κ1) is 22.5. The highest BCUT2D eigenvalue weighted by molar-refractivity contribution is 6.32. The number of nitriles is 1. The number of nitrogens with zero attached hydrogens (tertiary/aromatic N) is 4. The van der Waals surface area contributed by atoms with Crippen molar-refractivity contribution in [3.8, 4) is 22.9 Å². The molecule has 1 aromatic carbocycles. The number of carbonyl (C=O) groups excluding carboxylic acids is 1. The summed E-state index contributed by atoms with van der Waals surface area (Å²) in [6.07, 6.45) is 3.66. The van der Waals surface area contributed by atoms with Crippen LogP contribution >= 0.6 is 11.6 Å². The lowest BCUT2D eigenvalue weighted by Crippen LogP contribution is -2.37. The maximum absolute atomic E-state index is 12.9. The topological polar surface area (TPSA) is 153 Å². The Morgan fingerprint density at radius 3 is 2.59 bits per heavy atom. The van der Waals surface area contributed by atoms with Gasteiger partial charge < -0.3 is 20.8 Å². The van der Waals surface area contributed by atoms with Crippen LogP contribution in [0.4, 0.5) is 5.82 Å². The van der Waals surface area contributed by atoms with Crippen LogP contribution in [-0.4, -0.2) is 44.0 Å². The number of rotatable bonds is 2. The number of carboxylic acid groups (broad SMARTS) is 1. The van der Waals surface area contributed by atoms with E-state index in [2.05, 4.69) is 16.0 Å². The number of hydrogen-bond donors (Lipinski definition) is 3. The van der Waals surface area contributed by atoms with Crippen LogP contribution in [0.2, 0.25) is 5.02 Å². The third-order valence-electron chi connectivity index (χ3n) is 4.94. The molecule has 10 heteroatoms. The molecule has 1 amide bonds. The van der Waals surface area contributed by atoms with Crippen molar-refractivity contribution in [3.05, 3.63) is 70.1 Å². The van der Waals surface area contributed by atoms with Gasteiger partial charge in [-0.15, -0.1) is 0 Å². The summed E-state index contributed by atoms with van der Waals surface area (Å²) in [5.41, 5.74) is 9.54. The molecule has 4 rings (SSSR count). The number of aromatic nitrogens is 2. The van der Waals surface area contributed by atoms with Gasteiger partial charge in [0.2, 0.25) is 0 Å². The van der Waals surface area contributed by atoms with Gasteiger partial charge in [0.1, 0.15) is 23.2 Å². The van der Waals surface area contributed by atoms with E-state index in [-0.39, 0.29) is 41.1 Å². The molecule has 2 aromatic heterocycles. The predicted octanol–water partition coefficient (Wildman–Crippen LogP) is 2.86. The van der Waals surface area contributed by atoms with E-state index in [1.807, 2.05) is 0 Å². The van der Waals surface area contributed by atoms with Gasteiger partial charge in [-0.25, -0.2) is 4.98 Å². The predicted molar refractivity (Wildman–Crippen MR) is 117 cm³/mol. The Bertz CT molecular complexity index is 1210. The standard InChI is InChI=1S/C21H16ClN5O2.CH2O2/c22-16-9-13(1-2-18(16)28)19-14(10-23)20(24)26-17-5-8-27(11-15(17)19)21(29)12-3-6-25-7-4-12;2-1-3/h1-4,6-7,9,28H,5,8,11H2,(H2,24,26);1H,(H,2,3). The fourth-order valence-corrected chi connectivity index (χ4v) is 3.71. The molecule has 0 saturated heterocycles. The highest BCUT2D eigenvalue weighted by Gasteiger charge is 2.28. The monoisotopic (exact) mass is 451 g/mol. The van der Waals surface area contributed by atoms with Gasteiger partial charge in [-0.3, -0.25) is 14.6 Å². The number of fused-ring (bicyclic) bond motifs is 1. The van der Waals surface area contributed by atoms with Crippen molar-refractivity contribution < 1.29 is 19.8 Å². The van der Waals surface area contributed by atoms with Gasteiger partial charge in [-0.05, 0) is 29.8 Å². The maximum Gasteiger partial charge on any atom is 0.290 e. The molecular formula is C22H18ClN5O4. The van der Waals surface area contributed by atoms with Crippen LogP contribution in [0.3, 0.4) is 0 Å². The van der Waals surface area contributed by atoms with Crippen molar-refractivity contribution in [1.29, 1.82) is 5.26 Å². The van der Waals surface area contributed by atoms with E-state index in [4.69, 9.17) is 27.2 Å². The van der Waals surface area contributed by atoms with Gasteiger partial charge in [-0.2, -0.15) is 5.26 Å². The van der Waals surface area contributed by atoms with Crippen molar-refractivity contribution in [2.45, 2.75) is 13.0 Å². The number of carbonyl (C=O) groups is 2. The molecule has 1 aliphatic rings. The zero-order valence-electron chi connectivity index (χ0n) is 16.7. The van der Waals surface area contributed by atoms with Gasteiger partial charge in [0.05, 0.1) is 10.7 Å². The van der Waals surface area contributed by atoms with Crippen LogP contribution in [0.5, 0.6) is 5.75 Å². The Balaban J connectivity index is 0.000000913. The van der Waals surface area contributed by atoms with Crippen LogP contribution in [-0.2, 0) is 17.8 Å². The number of hydrogen-bond acceptors (Lipinski definition) is 7. The van der Waals surface area contributed by atoms with Gasteiger partial charge >= 0.3 is 0 Å².